The maximum absolute atomic E-state index is 4.34. The predicted molar refractivity (Wildman–Crippen MR) is 65.4 cm³/mol. The molecule has 5 heteroatoms. The summed E-state index contributed by atoms with van der Waals surface area (Å²) >= 11 is 1.71. The molecular formula is C11H16N4S. The van der Waals surface area contributed by atoms with E-state index in [9.17, 15) is 0 Å². The van der Waals surface area contributed by atoms with Crippen LogP contribution in [0, 0.1) is 0 Å². The SMILES string of the molecule is CC[C@H](NCCn1ccnc1)c1nccs1. The van der Waals surface area contributed by atoms with Gasteiger partial charge in [-0.2, -0.15) is 0 Å². The van der Waals surface area contributed by atoms with Crippen molar-refractivity contribution in [3.8, 4) is 0 Å². The van der Waals surface area contributed by atoms with E-state index in [0.717, 1.165) is 19.5 Å². The Kier molecular flexibility index (Phi) is 4.07. The third kappa shape index (κ3) is 2.90. The lowest BCUT2D eigenvalue weighted by molar-refractivity contribution is 0.490. The van der Waals surface area contributed by atoms with Crippen LogP contribution in [-0.2, 0) is 6.54 Å². The Bertz CT molecular complexity index is 382. The number of hydrogen-bond donors (Lipinski definition) is 1. The van der Waals surface area contributed by atoms with E-state index in [1.165, 1.54) is 5.01 Å². The van der Waals surface area contributed by atoms with Crippen molar-refractivity contribution in [1.82, 2.24) is 19.9 Å². The summed E-state index contributed by atoms with van der Waals surface area (Å²) in [4.78, 5) is 8.35. The molecule has 2 rings (SSSR count). The van der Waals surface area contributed by atoms with Gasteiger partial charge in [0.25, 0.3) is 0 Å². The number of hydrogen-bond acceptors (Lipinski definition) is 4. The first-order chi connectivity index (χ1) is 7.90. The zero-order valence-electron chi connectivity index (χ0n) is 9.34. The molecule has 2 aromatic heterocycles. The number of nitrogens with one attached hydrogen (secondary N) is 1. The minimum Gasteiger partial charge on any atom is -0.336 e. The van der Waals surface area contributed by atoms with Crippen molar-refractivity contribution >= 4 is 11.3 Å². The van der Waals surface area contributed by atoms with Crippen LogP contribution < -0.4 is 5.32 Å². The summed E-state index contributed by atoms with van der Waals surface area (Å²) in [6, 6.07) is 0.378. The lowest BCUT2D eigenvalue weighted by Gasteiger charge is -2.14. The molecule has 1 atom stereocenters. The van der Waals surface area contributed by atoms with Gasteiger partial charge < -0.3 is 9.88 Å². The molecule has 16 heavy (non-hydrogen) atoms. The highest BCUT2D eigenvalue weighted by Crippen LogP contribution is 2.18. The van der Waals surface area contributed by atoms with Gasteiger partial charge in [0.2, 0.25) is 0 Å². The van der Waals surface area contributed by atoms with Crippen molar-refractivity contribution < 1.29 is 0 Å². The summed E-state index contributed by atoms with van der Waals surface area (Å²) in [5.74, 6) is 0. The highest BCUT2D eigenvalue weighted by molar-refractivity contribution is 7.09. The Balaban J connectivity index is 1.80. The summed E-state index contributed by atoms with van der Waals surface area (Å²) in [5, 5.41) is 6.71. The largest absolute Gasteiger partial charge is 0.336 e. The minimum atomic E-state index is 0.378. The van der Waals surface area contributed by atoms with Crippen LogP contribution in [0.4, 0.5) is 0 Å². The number of nitrogens with zero attached hydrogens (tertiary/aromatic N) is 3. The van der Waals surface area contributed by atoms with Crippen LogP contribution in [-0.4, -0.2) is 21.1 Å². The van der Waals surface area contributed by atoms with Crippen LogP contribution in [0.25, 0.3) is 0 Å². The van der Waals surface area contributed by atoms with Crippen LogP contribution in [0.1, 0.15) is 24.4 Å². The summed E-state index contributed by atoms with van der Waals surface area (Å²) in [6.07, 6.45) is 8.55. The fraction of sp³-hybridized carbons (Fsp3) is 0.455. The van der Waals surface area contributed by atoms with E-state index in [4.69, 9.17) is 0 Å². The quantitative estimate of drug-likeness (QED) is 0.835. The molecule has 2 heterocycles. The smallest absolute Gasteiger partial charge is 0.109 e. The second kappa shape index (κ2) is 5.77. The minimum absolute atomic E-state index is 0.378. The highest BCUT2D eigenvalue weighted by Gasteiger charge is 2.10. The molecule has 0 aliphatic heterocycles. The van der Waals surface area contributed by atoms with Gasteiger partial charge in [0, 0.05) is 37.1 Å². The zero-order chi connectivity index (χ0) is 11.2. The van der Waals surface area contributed by atoms with Crippen LogP contribution >= 0.6 is 11.3 Å². The Morgan fingerprint density at radius 3 is 3.06 bits per heavy atom. The third-order valence-corrected chi connectivity index (χ3v) is 3.37. The van der Waals surface area contributed by atoms with E-state index in [1.54, 1.807) is 17.5 Å². The lowest BCUT2D eigenvalue weighted by Crippen LogP contribution is -2.24. The molecule has 1 N–H and O–H groups in total. The van der Waals surface area contributed by atoms with Gasteiger partial charge >= 0.3 is 0 Å². The van der Waals surface area contributed by atoms with Crippen molar-refractivity contribution in [1.29, 1.82) is 0 Å². The molecular weight excluding hydrogens is 220 g/mol. The fourth-order valence-corrected chi connectivity index (χ4v) is 2.40. The van der Waals surface area contributed by atoms with Crippen LogP contribution in [0.15, 0.2) is 30.3 Å². The highest BCUT2D eigenvalue weighted by atomic mass is 32.1. The normalized spacial score (nSPS) is 12.8. The van der Waals surface area contributed by atoms with Crippen LogP contribution in [0.5, 0.6) is 0 Å². The summed E-state index contributed by atoms with van der Waals surface area (Å²) in [6.45, 7) is 4.06. The van der Waals surface area contributed by atoms with Crippen molar-refractivity contribution in [2.75, 3.05) is 6.54 Å². The average molecular weight is 236 g/mol. The zero-order valence-corrected chi connectivity index (χ0v) is 10.2. The number of thiazole rings is 1. The molecule has 0 saturated carbocycles. The molecule has 0 aromatic carbocycles. The van der Waals surface area contributed by atoms with E-state index in [2.05, 4.69) is 26.8 Å². The summed E-state index contributed by atoms with van der Waals surface area (Å²) in [7, 11) is 0. The Labute approximate surface area is 99.4 Å². The van der Waals surface area contributed by atoms with E-state index in [1.807, 2.05) is 24.1 Å². The maximum atomic E-state index is 4.34. The molecule has 0 bridgehead atoms. The predicted octanol–water partition coefficient (Wildman–Crippen LogP) is 2.08. The lowest BCUT2D eigenvalue weighted by atomic mass is 10.2. The Morgan fingerprint density at radius 2 is 2.44 bits per heavy atom. The molecule has 0 aliphatic carbocycles. The monoisotopic (exact) mass is 236 g/mol. The van der Waals surface area contributed by atoms with Gasteiger partial charge in [0.1, 0.15) is 5.01 Å². The van der Waals surface area contributed by atoms with Crippen molar-refractivity contribution in [2.45, 2.75) is 25.9 Å². The van der Waals surface area contributed by atoms with E-state index in [-0.39, 0.29) is 0 Å². The number of rotatable bonds is 6. The first kappa shape index (κ1) is 11.3. The van der Waals surface area contributed by atoms with Gasteiger partial charge in [-0.15, -0.1) is 11.3 Å². The topological polar surface area (TPSA) is 42.7 Å². The van der Waals surface area contributed by atoms with Gasteiger partial charge in [0.15, 0.2) is 0 Å². The second-order valence-corrected chi connectivity index (χ2v) is 4.51. The molecule has 0 saturated heterocycles. The molecule has 0 fully saturated rings. The van der Waals surface area contributed by atoms with E-state index in [0.29, 0.717) is 6.04 Å². The molecule has 0 aliphatic rings. The second-order valence-electron chi connectivity index (χ2n) is 3.59. The standard InChI is InChI=1S/C11H16N4S/c1-2-10(11-14-5-8-16-11)13-4-7-15-6-3-12-9-15/h3,5-6,8-10,13H,2,4,7H2,1H3/t10-/m0/s1. The Hall–Kier alpha value is -1.20. The van der Waals surface area contributed by atoms with Crippen LogP contribution in [0.3, 0.4) is 0 Å². The Morgan fingerprint density at radius 1 is 1.50 bits per heavy atom. The summed E-state index contributed by atoms with van der Waals surface area (Å²) in [5.41, 5.74) is 0. The first-order valence-electron chi connectivity index (χ1n) is 5.48. The molecule has 0 amide bonds. The first-order valence-corrected chi connectivity index (χ1v) is 6.36. The van der Waals surface area contributed by atoms with Gasteiger partial charge in [-0.25, -0.2) is 9.97 Å². The fourth-order valence-electron chi connectivity index (χ4n) is 1.60. The van der Waals surface area contributed by atoms with Crippen molar-refractivity contribution in [2.24, 2.45) is 0 Å². The summed E-state index contributed by atoms with van der Waals surface area (Å²) < 4.78 is 2.07. The van der Waals surface area contributed by atoms with E-state index >= 15 is 0 Å². The molecule has 0 radical (unpaired) electrons. The molecule has 86 valence electrons. The van der Waals surface area contributed by atoms with Gasteiger partial charge in [-0.3, -0.25) is 0 Å². The van der Waals surface area contributed by atoms with Crippen LogP contribution in [0.2, 0.25) is 0 Å². The van der Waals surface area contributed by atoms with Gasteiger partial charge in [0.05, 0.1) is 12.4 Å². The van der Waals surface area contributed by atoms with Crippen molar-refractivity contribution in [3.63, 3.8) is 0 Å². The van der Waals surface area contributed by atoms with Gasteiger partial charge in [-0.1, -0.05) is 6.92 Å². The molecule has 0 spiro atoms. The maximum Gasteiger partial charge on any atom is 0.109 e. The molecule has 2 aromatic rings. The van der Waals surface area contributed by atoms with Crippen molar-refractivity contribution in [3.05, 3.63) is 35.3 Å². The molecule has 4 nitrogen and oxygen atoms in total. The third-order valence-electron chi connectivity index (χ3n) is 2.48. The van der Waals surface area contributed by atoms with Gasteiger partial charge in [-0.05, 0) is 6.42 Å². The number of imidazole rings is 1. The molecule has 0 unspecified atom stereocenters. The number of aromatic nitrogens is 3. The van der Waals surface area contributed by atoms with E-state index < -0.39 is 0 Å². The average Bonchev–Trinajstić information content (AvgIpc) is 2.96.